The minimum Gasteiger partial charge on any atom is -0.480 e. The second-order valence-corrected chi connectivity index (χ2v) is 3.53. The van der Waals surface area contributed by atoms with Crippen molar-refractivity contribution in [2.24, 2.45) is 5.73 Å². The Morgan fingerprint density at radius 3 is 3.00 bits per heavy atom. The third-order valence-electron chi connectivity index (χ3n) is 2.30. The molecule has 1 aromatic carbocycles. The van der Waals surface area contributed by atoms with E-state index in [1.54, 1.807) is 18.2 Å². The summed E-state index contributed by atoms with van der Waals surface area (Å²) in [4.78, 5) is 10.6. The molecule has 0 saturated heterocycles. The fourth-order valence-electron chi connectivity index (χ4n) is 1.45. The molecule has 0 aliphatic rings. The van der Waals surface area contributed by atoms with E-state index in [9.17, 15) is 4.79 Å². The highest BCUT2D eigenvalue weighted by molar-refractivity contribution is 5.83. The maximum absolute atomic E-state index is 10.6. The molecule has 0 amide bonds. The largest absolute Gasteiger partial charge is 0.480 e. The highest BCUT2D eigenvalue weighted by Gasteiger charge is 2.17. The number of aliphatic carboxylic acids is 1. The van der Waals surface area contributed by atoms with Crippen molar-refractivity contribution in [3.8, 4) is 0 Å². The lowest BCUT2D eigenvalue weighted by atomic mass is 10.1. The number of hydrogen-bond acceptors (Lipinski definition) is 5. The lowest BCUT2D eigenvalue weighted by Crippen LogP contribution is -2.32. The van der Waals surface area contributed by atoms with Gasteiger partial charge in [0, 0.05) is 17.5 Å². The fraction of sp³-hybridized carbons (Fsp3) is 0.200. The van der Waals surface area contributed by atoms with Crippen molar-refractivity contribution in [2.75, 3.05) is 5.73 Å². The third kappa shape index (κ3) is 1.82. The Kier molecular flexibility index (Phi) is 2.49. The van der Waals surface area contributed by atoms with Gasteiger partial charge in [-0.2, -0.15) is 0 Å². The number of nitrogens with zero attached hydrogens (tertiary/aromatic N) is 1. The molecular weight excluding hydrogens is 210 g/mol. The van der Waals surface area contributed by atoms with E-state index in [4.69, 9.17) is 21.1 Å². The summed E-state index contributed by atoms with van der Waals surface area (Å²) in [6, 6.07) is 4.08. The van der Waals surface area contributed by atoms with Crippen LogP contribution in [0.3, 0.4) is 0 Å². The first-order valence-electron chi connectivity index (χ1n) is 4.70. The average Bonchev–Trinajstić information content (AvgIpc) is 2.61. The van der Waals surface area contributed by atoms with Gasteiger partial charge in [0.2, 0.25) is 0 Å². The molecule has 1 heterocycles. The van der Waals surface area contributed by atoms with E-state index >= 15 is 0 Å². The Bertz CT molecular complexity index is 535. The predicted octanol–water partition coefficient (Wildman–Crippen LogP) is 0.364. The number of rotatable bonds is 3. The molecular formula is C10H11N3O3. The number of aromatic nitrogens is 1. The van der Waals surface area contributed by atoms with Crippen LogP contribution in [0, 0.1) is 0 Å². The first kappa shape index (κ1) is 10.4. The number of fused-ring (bicyclic) bond motifs is 1. The van der Waals surface area contributed by atoms with E-state index in [0.29, 0.717) is 22.4 Å². The number of nitrogen functional groups attached to an aromatic ring is 1. The molecule has 2 aromatic rings. The maximum Gasteiger partial charge on any atom is 0.320 e. The first-order chi connectivity index (χ1) is 7.58. The maximum atomic E-state index is 10.6. The average molecular weight is 221 g/mol. The van der Waals surface area contributed by atoms with Gasteiger partial charge in [0.25, 0.3) is 0 Å². The van der Waals surface area contributed by atoms with Gasteiger partial charge in [-0.05, 0) is 18.2 Å². The molecule has 0 aliphatic heterocycles. The fourth-order valence-corrected chi connectivity index (χ4v) is 1.45. The van der Waals surface area contributed by atoms with Crippen molar-refractivity contribution >= 4 is 22.6 Å². The normalized spacial score (nSPS) is 12.8. The number of benzene rings is 1. The van der Waals surface area contributed by atoms with Crippen LogP contribution >= 0.6 is 0 Å². The van der Waals surface area contributed by atoms with E-state index in [2.05, 4.69) is 5.16 Å². The van der Waals surface area contributed by atoms with Crippen LogP contribution in [0.25, 0.3) is 11.0 Å². The first-order valence-corrected chi connectivity index (χ1v) is 4.70. The van der Waals surface area contributed by atoms with Crippen LogP contribution in [0.4, 0.5) is 5.69 Å². The zero-order valence-corrected chi connectivity index (χ0v) is 8.38. The molecule has 0 radical (unpaired) electrons. The van der Waals surface area contributed by atoms with Gasteiger partial charge in [0.1, 0.15) is 6.04 Å². The third-order valence-corrected chi connectivity index (χ3v) is 2.30. The number of anilines is 1. The molecule has 0 spiro atoms. The number of hydrogen-bond donors (Lipinski definition) is 3. The van der Waals surface area contributed by atoms with Crippen LogP contribution in [0.15, 0.2) is 22.7 Å². The summed E-state index contributed by atoms with van der Waals surface area (Å²) in [5.41, 5.74) is 12.7. The molecule has 1 atom stereocenters. The molecule has 5 N–H and O–H groups in total. The Morgan fingerprint density at radius 2 is 2.31 bits per heavy atom. The van der Waals surface area contributed by atoms with Crippen molar-refractivity contribution < 1.29 is 14.4 Å². The molecule has 0 bridgehead atoms. The molecule has 1 unspecified atom stereocenters. The van der Waals surface area contributed by atoms with Crippen LogP contribution in [0.1, 0.15) is 5.69 Å². The van der Waals surface area contributed by atoms with Crippen LogP contribution in [0.2, 0.25) is 0 Å². The monoisotopic (exact) mass is 221 g/mol. The lowest BCUT2D eigenvalue weighted by Gasteiger charge is -2.02. The minimum atomic E-state index is -1.07. The van der Waals surface area contributed by atoms with Gasteiger partial charge < -0.3 is 21.1 Å². The number of nitrogens with two attached hydrogens (primary N) is 2. The zero-order chi connectivity index (χ0) is 11.7. The van der Waals surface area contributed by atoms with Gasteiger partial charge in [-0.25, -0.2) is 0 Å². The van der Waals surface area contributed by atoms with Crippen molar-refractivity contribution in [3.05, 3.63) is 23.9 Å². The van der Waals surface area contributed by atoms with Gasteiger partial charge in [-0.15, -0.1) is 0 Å². The molecule has 84 valence electrons. The molecule has 16 heavy (non-hydrogen) atoms. The number of carboxylic acids is 1. The van der Waals surface area contributed by atoms with Gasteiger partial charge in [-0.1, -0.05) is 5.16 Å². The van der Waals surface area contributed by atoms with Crippen molar-refractivity contribution in [1.29, 1.82) is 0 Å². The molecule has 0 aliphatic carbocycles. The Hall–Kier alpha value is -2.08. The Labute approximate surface area is 90.8 Å². The summed E-state index contributed by atoms with van der Waals surface area (Å²) in [5.74, 6) is -1.07. The van der Waals surface area contributed by atoms with E-state index in [1.165, 1.54) is 0 Å². The Morgan fingerprint density at radius 1 is 1.56 bits per heavy atom. The van der Waals surface area contributed by atoms with Crippen molar-refractivity contribution in [3.63, 3.8) is 0 Å². The summed E-state index contributed by atoms with van der Waals surface area (Å²) in [6.45, 7) is 0. The smallest absolute Gasteiger partial charge is 0.320 e. The Balaban J connectivity index is 2.37. The van der Waals surface area contributed by atoms with Crippen LogP contribution in [0.5, 0.6) is 0 Å². The predicted molar refractivity (Wildman–Crippen MR) is 57.7 cm³/mol. The molecule has 0 saturated carbocycles. The summed E-state index contributed by atoms with van der Waals surface area (Å²) >= 11 is 0. The summed E-state index contributed by atoms with van der Waals surface area (Å²) < 4.78 is 5.03. The SMILES string of the molecule is Nc1ccc2onc(CC(N)C(=O)O)c2c1. The second kappa shape index (κ2) is 3.82. The molecule has 1 aromatic heterocycles. The molecule has 6 nitrogen and oxygen atoms in total. The van der Waals surface area contributed by atoms with Gasteiger partial charge in [0.05, 0.1) is 5.69 Å². The van der Waals surface area contributed by atoms with Crippen molar-refractivity contribution in [1.82, 2.24) is 5.16 Å². The van der Waals surface area contributed by atoms with E-state index < -0.39 is 12.0 Å². The molecule has 6 heteroatoms. The van der Waals surface area contributed by atoms with Crippen LogP contribution < -0.4 is 11.5 Å². The van der Waals surface area contributed by atoms with E-state index in [-0.39, 0.29) is 6.42 Å². The minimum absolute atomic E-state index is 0.117. The quantitative estimate of drug-likeness (QED) is 0.644. The van der Waals surface area contributed by atoms with Crippen molar-refractivity contribution in [2.45, 2.75) is 12.5 Å². The summed E-state index contributed by atoms with van der Waals surface area (Å²) in [6.07, 6.45) is 0.117. The number of carboxylic acid groups (broad SMARTS) is 1. The lowest BCUT2D eigenvalue weighted by molar-refractivity contribution is -0.138. The van der Waals surface area contributed by atoms with E-state index in [0.717, 1.165) is 0 Å². The molecule has 0 fully saturated rings. The van der Waals surface area contributed by atoms with Crippen LogP contribution in [-0.2, 0) is 11.2 Å². The van der Waals surface area contributed by atoms with E-state index in [1.807, 2.05) is 0 Å². The standard InChI is InChI=1S/C10H11N3O3/c11-5-1-2-9-6(3-5)8(13-16-9)4-7(12)10(14)15/h1-3,7H,4,11-12H2,(H,14,15). The topological polar surface area (TPSA) is 115 Å². The van der Waals surface area contributed by atoms with Gasteiger partial charge in [-0.3, -0.25) is 4.79 Å². The summed E-state index contributed by atoms with van der Waals surface area (Å²) in [7, 11) is 0. The highest BCUT2D eigenvalue weighted by atomic mass is 16.5. The highest BCUT2D eigenvalue weighted by Crippen LogP contribution is 2.21. The van der Waals surface area contributed by atoms with Crippen LogP contribution in [-0.4, -0.2) is 22.3 Å². The summed E-state index contributed by atoms with van der Waals surface area (Å²) in [5, 5.41) is 13.2. The zero-order valence-electron chi connectivity index (χ0n) is 8.38. The van der Waals surface area contributed by atoms with Gasteiger partial charge in [0.15, 0.2) is 5.58 Å². The van der Waals surface area contributed by atoms with Gasteiger partial charge >= 0.3 is 5.97 Å². The molecule has 2 rings (SSSR count). The second-order valence-electron chi connectivity index (χ2n) is 3.53. The number of carbonyl (C=O) groups is 1.